The highest BCUT2D eigenvalue weighted by Crippen LogP contribution is 2.38. The predicted octanol–water partition coefficient (Wildman–Crippen LogP) is 3.48. The minimum atomic E-state index is -1.12. The van der Waals surface area contributed by atoms with E-state index in [9.17, 15) is 24.3 Å². The lowest BCUT2D eigenvalue weighted by Gasteiger charge is -2.17. The Kier molecular flexibility index (Phi) is 13.8. The molecular weight excluding hydrogens is 877 g/mol. The van der Waals surface area contributed by atoms with Gasteiger partial charge in [-0.3, -0.25) is 14.4 Å². The average molecular weight is 902 g/mol. The summed E-state index contributed by atoms with van der Waals surface area (Å²) in [6, 6.07) is 12.6. The van der Waals surface area contributed by atoms with Crippen LogP contribution in [0.4, 0.5) is 11.4 Å². The number of rotatable bonds is 5. The van der Waals surface area contributed by atoms with Crippen molar-refractivity contribution in [3.05, 3.63) is 69.0 Å². The largest absolute Gasteiger partial charge is 0.478 e. The molecule has 0 saturated heterocycles. The summed E-state index contributed by atoms with van der Waals surface area (Å²) in [5.41, 5.74) is 4.27. The Hall–Kier alpha value is -2.46. The van der Waals surface area contributed by atoms with E-state index in [4.69, 9.17) is 15.3 Å². The molecule has 0 fully saturated rings. The number of aromatic nitrogens is 2. The Balaban J connectivity index is 0.000000245. The molecule has 12 nitrogen and oxygen atoms in total. The number of carboxylic acid groups (broad SMARTS) is 1. The summed E-state index contributed by atoms with van der Waals surface area (Å²) < 4.78 is 1.44. The zero-order valence-corrected chi connectivity index (χ0v) is 28.0. The van der Waals surface area contributed by atoms with E-state index in [1.165, 1.54) is 19.9 Å². The summed E-state index contributed by atoms with van der Waals surface area (Å²) in [4.78, 5) is 52.7. The maximum atomic E-state index is 11.4. The van der Waals surface area contributed by atoms with Crippen LogP contribution in [0.15, 0.2) is 47.3 Å². The first-order chi connectivity index (χ1) is 19.3. The molecule has 4 rings (SSSR count). The highest BCUT2D eigenvalue weighted by atomic mass is 127. The number of carboxylic acids is 1. The molecule has 1 heterocycles. The van der Waals surface area contributed by atoms with Crippen LogP contribution in [0.3, 0.4) is 0 Å². The normalized spacial score (nSPS) is 10.4. The minimum absolute atomic E-state index is 0.00386. The molecule has 0 aromatic heterocycles. The summed E-state index contributed by atoms with van der Waals surface area (Å²) in [6.45, 7) is 1.94. The van der Waals surface area contributed by atoms with E-state index in [0.717, 1.165) is 22.4 Å². The molecular formula is C26H25I3N4O8. The van der Waals surface area contributed by atoms with Crippen molar-refractivity contribution in [1.82, 2.24) is 9.97 Å². The number of fused-ring (bicyclic) bond motifs is 2. The number of carbonyl (C=O) groups is 3. The van der Waals surface area contributed by atoms with Gasteiger partial charge in [0.05, 0.1) is 63.3 Å². The number of nitrogens with one attached hydrogen (secondary N) is 3. The monoisotopic (exact) mass is 902 g/mol. The van der Waals surface area contributed by atoms with Crippen LogP contribution >= 0.6 is 67.8 Å². The predicted molar refractivity (Wildman–Crippen MR) is 179 cm³/mol. The summed E-state index contributed by atoms with van der Waals surface area (Å²) in [5, 5.41) is 38.5. The molecule has 0 saturated carbocycles. The number of anilines is 2. The van der Waals surface area contributed by atoms with Crippen LogP contribution in [0, 0.1) is 10.7 Å². The number of halogens is 3. The maximum Gasteiger partial charge on any atom is 0.338 e. The molecule has 0 spiro atoms. The molecule has 15 heteroatoms. The Labute approximate surface area is 274 Å². The molecule has 0 atom stereocenters. The third-order valence-corrected chi connectivity index (χ3v) is 8.17. The molecule has 1 aliphatic carbocycles. The van der Waals surface area contributed by atoms with Gasteiger partial charge in [-0.1, -0.05) is 12.1 Å². The molecule has 1 aliphatic heterocycles. The fraction of sp³-hybridized carbons (Fsp3) is 0.192. The molecule has 2 amide bonds. The number of benzene rings is 3. The van der Waals surface area contributed by atoms with Crippen LogP contribution in [-0.2, 0) is 9.59 Å². The summed E-state index contributed by atoms with van der Waals surface area (Å²) in [5.74, 6) is -1.74. The van der Waals surface area contributed by atoms with Gasteiger partial charge in [0.2, 0.25) is 11.8 Å². The zero-order chi connectivity index (χ0) is 30.9. The van der Waals surface area contributed by atoms with Gasteiger partial charge in [-0.15, -0.1) is 0 Å². The van der Waals surface area contributed by atoms with Crippen LogP contribution in [0.1, 0.15) is 24.2 Å². The van der Waals surface area contributed by atoms with E-state index in [-0.39, 0.29) is 36.0 Å². The van der Waals surface area contributed by atoms with Crippen molar-refractivity contribution in [3.63, 3.8) is 0 Å². The fourth-order valence-corrected chi connectivity index (χ4v) is 7.31. The van der Waals surface area contributed by atoms with E-state index in [2.05, 4.69) is 20.6 Å². The highest BCUT2D eigenvalue weighted by Gasteiger charge is 2.25. The average Bonchev–Trinajstić information content (AvgIpc) is 2.92. The maximum absolute atomic E-state index is 11.4. The van der Waals surface area contributed by atoms with Gasteiger partial charge >= 0.3 is 5.97 Å². The second kappa shape index (κ2) is 16.2. The topological polar surface area (TPSA) is 202 Å². The van der Waals surface area contributed by atoms with Gasteiger partial charge in [-0.05, 0) is 92.0 Å². The standard InChI is InChI=1S/C12H8N2O.C11H9I3N2O4.C3H8O3/c15-8-5-6-11-12(7-8)14-10-4-2-1-3-9(10)13-11;1-3(17)15-9-6(12)5(11(19)20)7(13)10(8(9)14)16-4(2)18;4-1-3(6)2-5/h1-7,14H;1-2H3,(H,15,17)(H,16,18)(H,19,20);3-6H,1-2H2. The molecule has 0 unspecified atom stereocenters. The number of nitrogens with zero attached hydrogens (tertiary/aromatic N) is 1. The molecule has 218 valence electrons. The van der Waals surface area contributed by atoms with Crippen molar-refractivity contribution in [2.45, 2.75) is 20.0 Å². The van der Waals surface area contributed by atoms with E-state index in [1.807, 2.05) is 92.0 Å². The van der Waals surface area contributed by atoms with E-state index >= 15 is 0 Å². The summed E-state index contributed by atoms with van der Waals surface area (Å²) >= 11 is 5.71. The second-order valence-electron chi connectivity index (χ2n) is 8.19. The zero-order valence-electron chi connectivity index (χ0n) is 21.5. The Morgan fingerprint density at radius 2 is 1.44 bits per heavy atom. The quantitative estimate of drug-likeness (QED) is 0.116. The lowest BCUT2D eigenvalue weighted by Crippen LogP contribution is -2.17. The number of aliphatic hydroxyl groups excluding tert-OH is 3. The number of amides is 2. The molecule has 7 N–H and O–H groups in total. The Morgan fingerprint density at radius 1 is 0.902 bits per heavy atom. The van der Waals surface area contributed by atoms with Gasteiger partial charge in [-0.2, -0.15) is 0 Å². The number of hydrogen-bond donors (Lipinski definition) is 7. The molecule has 0 radical (unpaired) electrons. The van der Waals surface area contributed by atoms with Gasteiger partial charge in [0.15, 0.2) is 5.43 Å². The van der Waals surface area contributed by atoms with Crippen molar-refractivity contribution in [2.75, 3.05) is 23.8 Å². The van der Waals surface area contributed by atoms with Crippen LogP contribution in [0.5, 0.6) is 0 Å². The first-order valence-corrected chi connectivity index (χ1v) is 14.8. The van der Waals surface area contributed by atoms with Crippen LogP contribution < -0.4 is 16.1 Å². The van der Waals surface area contributed by atoms with Gasteiger partial charge in [-0.25, -0.2) is 9.78 Å². The number of aliphatic hydroxyl groups is 3. The summed E-state index contributed by atoms with van der Waals surface area (Å²) in [6.07, 6.45) is -0.954. The first-order valence-electron chi connectivity index (χ1n) is 11.6. The van der Waals surface area contributed by atoms with Gasteiger partial charge in [0.25, 0.3) is 0 Å². The number of aromatic carboxylic acids is 1. The number of H-pyrrole nitrogens is 1. The van der Waals surface area contributed by atoms with Crippen LogP contribution in [0.25, 0.3) is 22.4 Å². The number of hydrogen-bond acceptors (Lipinski definition) is 8. The van der Waals surface area contributed by atoms with Crippen molar-refractivity contribution in [2.24, 2.45) is 0 Å². The number of carbonyl (C=O) groups excluding carboxylic acids is 2. The fourth-order valence-electron chi connectivity index (χ4n) is 3.15. The second-order valence-corrected chi connectivity index (χ2v) is 11.4. The minimum Gasteiger partial charge on any atom is -0.478 e. The number of aromatic amines is 1. The molecule has 0 bridgehead atoms. The SMILES string of the molecule is CC(=O)Nc1c(I)c(NC(C)=O)c(I)c(C(=O)O)c1I.O=c1ccc2nc3ccccc3[nH]c-2c1.OCC(O)CO. The van der Waals surface area contributed by atoms with E-state index < -0.39 is 12.1 Å². The molecule has 41 heavy (non-hydrogen) atoms. The van der Waals surface area contributed by atoms with E-state index in [0.29, 0.717) is 22.1 Å². The lowest BCUT2D eigenvalue weighted by molar-refractivity contribution is -0.115. The Bertz CT molecular complexity index is 1550. The van der Waals surface area contributed by atoms with Crippen molar-refractivity contribution < 1.29 is 34.8 Å². The smallest absolute Gasteiger partial charge is 0.338 e. The van der Waals surface area contributed by atoms with Gasteiger partial charge in [0, 0.05) is 19.9 Å². The molecule has 2 aromatic carbocycles. The molecule has 2 aliphatic rings. The van der Waals surface area contributed by atoms with Crippen molar-refractivity contribution >= 4 is 108 Å². The van der Waals surface area contributed by atoms with Crippen molar-refractivity contribution in [3.8, 4) is 11.4 Å². The molecule has 2 aromatic rings. The third-order valence-electron chi connectivity index (χ3n) is 4.94. The lowest BCUT2D eigenvalue weighted by atomic mass is 10.1. The van der Waals surface area contributed by atoms with Crippen LogP contribution in [0.2, 0.25) is 0 Å². The van der Waals surface area contributed by atoms with E-state index in [1.54, 1.807) is 12.1 Å². The van der Waals surface area contributed by atoms with Crippen LogP contribution in [-0.4, -0.2) is 67.5 Å². The van der Waals surface area contributed by atoms with Crippen molar-refractivity contribution in [1.29, 1.82) is 0 Å². The number of para-hydroxylation sites is 2. The Morgan fingerprint density at radius 3 is 1.90 bits per heavy atom. The first kappa shape index (κ1) is 34.7. The summed E-state index contributed by atoms with van der Waals surface area (Å²) in [7, 11) is 0. The van der Waals surface area contributed by atoms with Gasteiger partial charge < -0.3 is 36.0 Å². The van der Waals surface area contributed by atoms with Gasteiger partial charge in [0.1, 0.15) is 6.10 Å². The third kappa shape index (κ3) is 9.81. The highest BCUT2D eigenvalue weighted by molar-refractivity contribution is 14.1.